The molecule has 3 aromatic carbocycles. The molecule has 224 valence electrons. The van der Waals surface area contributed by atoms with Gasteiger partial charge in [0, 0.05) is 28.2 Å². The molecule has 42 heavy (non-hydrogen) atoms. The van der Waals surface area contributed by atoms with Gasteiger partial charge in [-0.2, -0.15) is 0 Å². The molecule has 0 spiro atoms. The van der Waals surface area contributed by atoms with E-state index in [0.29, 0.717) is 33.3 Å². The molecular formula is C32H37Cl2N3O4S. The Morgan fingerprint density at radius 1 is 0.952 bits per heavy atom. The minimum Gasteiger partial charge on any atom is -0.352 e. The van der Waals surface area contributed by atoms with Crippen molar-refractivity contribution in [3.63, 3.8) is 0 Å². The van der Waals surface area contributed by atoms with E-state index in [1.54, 1.807) is 42.5 Å². The third-order valence-electron chi connectivity index (χ3n) is 7.71. The first-order valence-electron chi connectivity index (χ1n) is 14.2. The molecule has 0 aliphatic heterocycles. The molecule has 0 saturated heterocycles. The SMILES string of the molecule is CC[C@H](C(=O)NC1CCCC1)N(Cc1c(Cl)cccc1Cl)C(=O)CN(c1ccc(C)cc1C)S(=O)(=O)c1ccccc1. The van der Waals surface area contributed by atoms with Crippen LogP contribution < -0.4 is 9.62 Å². The Morgan fingerprint density at radius 2 is 1.60 bits per heavy atom. The van der Waals surface area contributed by atoms with Crippen LogP contribution in [-0.2, 0) is 26.2 Å². The molecule has 0 aromatic heterocycles. The third-order valence-corrected chi connectivity index (χ3v) is 10.2. The van der Waals surface area contributed by atoms with Gasteiger partial charge >= 0.3 is 0 Å². The Hall–Kier alpha value is -3.07. The third kappa shape index (κ3) is 7.28. The lowest BCUT2D eigenvalue weighted by atomic mass is 10.1. The number of nitrogens with zero attached hydrogens (tertiary/aromatic N) is 2. The number of sulfonamides is 1. The maximum atomic E-state index is 14.3. The number of nitrogens with one attached hydrogen (secondary N) is 1. The predicted octanol–water partition coefficient (Wildman–Crippen LogP) is 6.67. The van der Waals surface area contributed by atoms with Crippen molar-refractivity contribution in [3.8, 4) is 0 Å². The van der Waals surface area contributed by atoms with Crippen LogP contribution in [0.2, 0.25) is 10.0 Å². The summed E-state index contributed by atoms with van der Waals surface area (Å²) in [5.41, 5.74) is 2.54. The monoisotopic (exact) mass is 629 g/mol. The Balaban J connectivity index is 1.76. The van der Waals surface area contributed by atoms with E-state index in [1.165, 1.54) is 17.0 Å². The lowest BCUT2D eigenvalue weighted by Gasteiger charge is -2.34. The molecule has 1 saturated carbocycles. The highest BCUT2D eigenvalue weighted by atomic mass is 35.5. The van der Waals surface area contributed by atoms with Gasteiger partial charge in [-0.05, 0) is 69.0 Å². The van der Waals surface area contributed by atoms with Crippen LogP contribution in [0.1, 0.15) is 55.7 Å². The number of anilines is 1. The van der Waals surface area contributed by atoms with Crippen LogP contribution in [0.25, 0.3) is 0 Å². The molecule has 4 rings (SSSR count). The predicted molar refractivity (Wildman–Crippen MR) is 168 cm³/mol. The van der Waals surface area contributed by atoms with Gasteiger partial charge in [-0.15, -0.1) is 0 Å². The number of benzene rings is 3. The smallest absolute Gasteiger partial charge is 0.264 e. The van der Waals surface area contributed by atoms with Gasteiger partial charge in [-0.25, -0.2) is 8.42 Å². The van der Waals surface area contributed by atoms with Crippen LogP contribution in [0.3, 0.4) is 0 Å². The van der Waals surface area contributed by atoms with Crippen molar-refractivity contribution in [2.45, 2.75) is 76.4 Å². The van der Waals surface area contributed by atoms with Gasteiger partial charge in [-0.1, -0.05) is 84.9 Å². The second-order valence-corrected chi connectivity index (χ2v) is 13.4. The van der Waals surface area contributed by atoms with E-state index in [2.05, 4.69) is 5.32 Å². The van der Waals surface area contributed by atoms with E-state index in [1.807, 2.05) is 32.9 Å². The Bertz CT molecular complexity index is 1510. The summed E-state index contributed by atoms with van der Waals surface area (Å²) < 4.78 is 29.2. The fourth-order valence-electron chi connectivity index (χ4n) is 5.46. The molecule has 0 radical (unpaired) electrons. The molecule has 1 fully saturated rings. The van der Waals surface area contributed by atoms with E-state index in [0.717, 1.165) is 35.6 Å². The highest BCUT2D eigenvalue weighted by Gasteiger charge is 2.35. The summed E-state index contributed by atoms with van der Waals surface area (Å²) in [5.74, 6) is -0.816. The zero-order valence-corrected chi connectivity index (χ0v) is 26.5. The summed E-state index contributed by atoms with van der Waals surface area (Å²) in [6.45, 7) is 4.99. The van der Waals surface area contributed by atoms with Crippen molar-refractivity contribution >= 4 is 50.7 Å². The topological polar surface area (TPSA) is 86.8 Å². The van der Waals surface area contributed by atoms with Gasteiger partial charge in [0.05, 0.1) is 10.6 Å². The van der Waals surface area contributed by atoms with Gasteiger partial charge in [0.25, 0.3) is 10.0 Å². The van der Waals surface area contributed by atoms with Gasteiger partial charge < -0.3 is 10.2 Å². The molecule has 1 N–H and O–H groups in total. The quantitative estimate of drug-likeness (QED) is 0.256. The second-order valence-electron chi connectivity index (χ2n) is 10.8. The van der Waals surface area contributed by atoms with E-state index in [9.17, 15) is 18.0 Å². The average Bonchev–Trinajstić information content (AvgIpc) is 3.47. The van der Waals surface area contributed by atoms with E-state index in [4.69, 9.17) is 23.2 Å². The summed E-state index contributed by atoms with van der Waals surface area (Å²) in [6.07, 6.45) is 4.19. The highest BCUT2D eigenvalue weighted by Crippen LogP contribution is 2.30. The van der Waals surface area contributed by atoms with Crippen molar-refractivity contribution < 1.29 is 18.0 Å². The number of amides is 2. The number of hydrogen-bond donors (Lipinski definition) is 1. The van der Waals surface area contributed by atoms with Crippen LogP contribution in [0, 0.1) is 13.8 Å². The van der Waals surface area contributed by atoms with E-state index >= 15 is 0 Å². The van der Waals surface area contributed by atoms with Crippen LogP contribution in [0.15, 0.2) is 71.6 Å². The normalized spacial score (nSPS) is 14.4. The summed E-state index contributed by atoms with van der Waals surface area (Å²) in [4.78, 5) is 29.4. The first-order chi connectivity index (χ1) is 20.0. The standard InChI is InChI=1S/C32H37Cl2N3O4S/c1-4-29(32(39)35-24-11-8-9-12-24)36(20-26-27(33)15-10-16-28(26)34)31(38)21-37(30-18-17-22(2)19-23(30)3)42(40,41)25-13-6-5-7-14-25/h5-7,10,13-19,24,29H,4,8-9,11-12,20-21H2,1-3H3,(H,35,39)/t29-/m1/s1. The number of hydrogen-bond acceptors (Lipinski definition) is 4. The molecule has 2 amide bonds. The molecule has 1 aliphatic carbocycles. The summed E-state index contributed by atoms with van der Waals surface area (Å²) >= 11 is 13.0. The molecular weight excluding hydrogens is 593 g/mol. The maximum Gasteiger partial charge on any atom is 0.264 e. The minimum atomic E-state index is -4.15. The lowest BCUT2D eigenvalue weighted by Crippen LogP contribution is -2.53. The van der Waals surface area contributed by atoms with Gasteiger partial charge in [0.2, 0.25) is 11.8 Å². The van der Waals surface area contributed by atoms with Crippen LogP contribution in [0.4, 0.5) is 5.69 Å². The molecule has 3 aromatic rings. The molecule has 0 unspecified atom stereocenters. The van der Waals surface area contributed by atoms with Crippen LogP contribution in [-0.4, -0.2) is 43.8 Å². The van der Waals surface area contributed by atoms with E-state index < -0.39 is 28.5 Å². The largest absolute Gasteiger partial charge is 0.352 e. The molecule has 10 heteroatoms. The average molecular weight is 631 g/mol. The summed E-state index contributed by atoms with van der Waals surface area (Å²) in [5, 5.41) is 3.82. The number of rotatable bonds is 11. The molecule has 1 aliphatic rings. The van der Waals surface area contributed by atoms with Gasteiger partial charge in [-0.3, -0.25) is 13.9 Å². The van der Waals surface area contributed by atoms with Crippen molar-refractivity contribution in [3.05, 3.63) is 93.5 Å². The van der Waals surface area contributed by atoms with Crippen LogP contribution >= 0.6 is 23.2 Å². The lowest BCUT2D eigenvalue weighted by molar-refractivity contribution is -0.140. The molecule has 7 nitrogen and oxygen atoms in total. The zero-order valence-electron chi connectivity index (χ0n) is 24.1. The van der Waals surface area contributed by atoms with Crippen molar-refractivity contribution in [2.75, 3.05) is 10.8 Å². The minimum absolute atomic E-state index is 0.0533. The molecule has 0 heterocycles. The molecule has 1 atom stereocenters. The zero-order chi connectivity index (χ0) is 30.4. The van der Waals surface area contributed by atoms with Crippen molar-refractivity contribution in [2.24, 2.45) is 0 Å². The fraction of sp³-hybridized carbons (Fsp3) is 0.375. The number of halogens is 2. The number of carbonyl (C=O) groups excluding carboxylic acids is 2. The first-order valence-corrected chi connectivity index (χ1v) is 16.4. The highest BCUT2D eigenvalue weighted by molar-refractivity contribution is 7.92. The van der Waals surface area contributed by atoms with Crippen molar-refractivity contribution in [1.82, 2.24) is 10.2 Å². The summed E-state index contributed by atoms with van der Waals surface area (Å²) in [7, 11) is -4.15. The Labute approximate surface area is 258 Å². The van der Waals surface area contributed by atoms with Crippen molar-refractivity contribution in [1.29, 1.82) is 0 Å². The van der Waals surface area contributed by atoms with E-state index in [-0.39, 0.29) is 23.4 Å². The fourth-order valence-corrected chi connectivity index (χ4v) is 7.48. The maximum absolute atomic E-state index is 14.3. The molecule has 0 bridgehead atoms. The van der Waals surface area contributed by atoms with Gasteiger partial charge in [0.15, 0.2) is 0 Å². The van der Waals surface area contributed by atoms with Gasteiger partial charge in [0.1, 0.15) is 12.6 Å². The number of carbonyl (C=O) groups is 2. The first kappa shape index (κ1) is 31.9. The Morgan fingerprint density at radius 3 is 2.19 bits per heavy atom. The summed E-state index contributed by atoms with van der Waals surface area (Å²) in [6, 6.07) is 17.7. The van der Waals surface area contributed by atoms with Crippen LogP contribution in [0.5, 0.6) is 0 Å². The Kier molecular flexibility index (Phi) is 10.6. The number of aryl methyl sites for hydroxylation is 2. The second kappa shape index (κ2) is 13.9.